The molecule has 3 aromatic heterocycles. The Balaban J connectivity index is 0.00000182. The molecule has 0 unspecified atom stereocenters. The summed E-state index contributed by atoms with van der Waals surface area (Å²) in [5.74, 6) is 0. The van der Waals surface area contributed by atoms with Crippen molar-refractivity contribution in [2.75, 3.05) is 5.32 Å². The lowest BCUT2D eigenvalue weighted by Gasteiger charge is -2.07. The minimum Gasteiger partial charge on any atom is -0.331 e. The van der Waals surface area contributed by atoms with Crippen molar-refractivity contribution in [2.45, 2.75) is 20.8 Å². The number of hydrogen-bond acceptors (Lipinski definition) is 4. The van der Waals surface area contributed by atoms with Crippen molar-refractivity contribution in [1.29, 1.82) is 0 Å². The van der Waals surface area contributed by atoms with E-state index in [2.05, 4.69) is 52.1 Å². The van der Waals surface area contributed by atoms with Crippen LogP contribution in [0.4, 0.5) is 10.8 Å². The average molecular weight is 415 g/mol. The Labute approximate surface area is 161 Å². The molecule has 6 heteroatoms. The van der Waals surface area contributed by atoms with Crippen molar-refractivity contribution in [3.8, 4) is 11.4 Å². The van der Waals surface area contributed by atoms with E-state index in [9.17, 15) is 0 Å². The molecule has 0 saturated heterocycles. The summed E-state index contributed by atoms with van der Waals surface area (Å²) < 4.78 is 2.09. The second-order valence-corrected chi connectivity index (χ2v) is 6.81. The number of hydrogen-bond donors (Lipinski definition) is 1. The van der Waals surface area contributed by atoms with Crippen molar-refractivity contribution in [3.05, 3.63) is 64.8 Å². The van der Waals surface area contributed by atoms with E-state index in [0.29, 0.717) is 0 Å². The number of anilines is 2. The Bertz CT molecular complexity index is 1040. The molecule has 0 radical (unpaired) electrons. The maximum absolute atomic E-state index is 4.77. The van der Waals surface area contributed by atoms with Gasteiger partial charge >= 0.3 is 0 Å². The number of imidazole rings is 1. The van der Waals surface area contributed by atoms with E-state index in [1.807, 2.05) is 31.3 Å². The number of benzene rings is 1. The molecule has 3 heterocycles. The molecule has 4 nitrogen and oxygen atoms in total. The van der Waals surface area contributed by atoms with Gasteiger partial charge in [-0.25, -0.2) is 9.97 Å². The summed E-state index contributed by atoms with van der Waals surface area (Å²) in [6.07, 6.45) is 2.03. The molecule has 4 aromatic rings. The molecule has 25 heavy (non-hydrogen) atoms. The van der Waals surface area contributed by atoms with E-state index in [-0.39, 0.29) is 17.0 Å². The van der Waals surface area contributed by atoms with Crippen LogP contribution in [-0.4, -0.2) is 14.4 Å². The predicted octanol–water partition coefficient (Wildman–Crippen LogP) is 5.70. The van der Waals surface area contributed by atoms with Gasteiger partial charge in [0, 0.05) is 17.3 Å². The van der Waals surface area contributed by atoms with Gasteiger partial charge in [-0.15, -0.1) is 28.3 Å². The Kier molecular flexibility index (Phi) is 4.92. The molecule has 0 bridgehead atoms. The Morgan fingerprint density at radius 2 is 1.88 bits per heavy atom. The van der Waals surface area contributed by atoms with Gasteiger partial charge in [0.05, 0.1) is 11.4 Å². The van der Waals surface area contributed by atoms with E-state index in [1.54, 1.807) is 11.3 Å². The lowest BCUT2D eigenvalue weighted by Crippen LogP contribution is -1.94. The highest BCUT2D eigenvalue weighted by Crippen LogP contribution is 2.30. The molecule has 0 aliphatic carbocycles. The molecule has 0 aliphatic heterocycles. The third-order valence-electron chi connectivity index (χ3n) is 4.07. The average Bonchev–Trinajstić information content (AvgIpc) is 3.13. The predicted molar refractivity (Wildman–Crippen MR) is 111 cm³/mol. The third-order valence-corrected chi connectivity index (χ3v) is 4.83. The number of fused-ring (bicyclic) bond motifs is 1. The van der Waals surface area contributed by atoms with Gasteiger partial charge in [-0.1, -0.05) is 23.8 Å². The Morgan fingerprint density at radius 3 is 2.68 bits per heavy atom. The van der Waals surface area contributed by atoms with Gasteiger partial charge in [-0.05, 0) is 44.5 Å². The summed E-state index contributed by atoms with van der Waals surface area (Å²) in [6.45, 7) is 6.24. The standard InChI is InChI=1S/C19H18N4S.BrH/c1-12-7-8-15(13(2)10-12)21-19-22-16(11-24-19)18-14(3)20-17-6-4-5-9-23(17)18;/h4-11H,1-3H3,(H,21,22);1H. The highest BCUT2D eigenvalue weighted by Gasteiger charge is 2.14. The van der Waals surface area contributed by atoms with Crippen molar-refractivity contribution >= 4 is 44.8 Å². The number of rotatable bonds is 3. The second kappa shape index (κ2) is 6.98. The van der Waals surface area contributed by atoms with Gasteiger partial charge in [-0.3, -0.25) is 4.40 Å². The number of thiazole rings is 1. The number of aromatic nitrogens is 3. The molecule has 128 valence electrons. The van der Waals surface area contributed by atoms with Crippen LogP contribution in [0.25, 0.3) is 17.0 Å². The van der Waals surface area contributed by atoms with E-state index in [1.165, 1.54) is 11.1 Å². The first-order chi connectivity index (χ1) is 11.6. The van der Waals surface area contributed by atoms with Gasteiger partial charge in [0.1, 0.15) is 11.3 Å². The van der Waals surface area contributed by atoms with Crippen LogP contribution in [0.2, 0.25) is 0 Å². The first-order valence-electron chi connectivity index (χ1n) is 7.86. The largest absolute Gasteiger partial charge is 0.331 e. The summed E-state index contributed by atoms with van der Waals surface area (Å²) in [4.78, 5) is 9.38. The summed E-state index contributed by atoms with van der Waals surface area (Å²) in [7, 11) is 0. The van der Waals surface area contributed by atoms with Gasteiger partial charge < -0.3 is 5.32 Å². The highest BCUT2D eigenvalue weighted by molar-refractivity contribution is 8.93. The second-order valence-electron chi connectivity index (χ2n) is 5.96. The number of halogens is 1. The zero-order chi connectivity index (χ0) is 16.7. The highest BCUT2D eigenvalue weighted by atomic mass is 79.9. The first kappa shape index (κ1) is 17.6. The van der Waals surface area contributed by atoms with E-state index >= 15 is 0 Å². The third kappa shape index (κ3) is 3.32. The SMILES string of the molecule is Br.Cc1ccc(Nc2nc(-c3c(C)nc4ccccn34)cs2)c(C)c1. The number of nitrogens with zero attached hydrogens (tertiary/aromatic N) is 3. The van der Waals surface area contributed by atoms with Crippen molar-refractivity contribution in [2.24, 2.45) is 0 Å². The number of aryl methyl sites for hydroxylation is 3. The van der Waals surface area contributed by atoms with Crippen LogP contribution >= 0.6 is 28.3 Å². The molecule has 4 rings (SSSR count). The maximum atomic E-state index is 4.77. The molecule has 0 amide bonds. The molecule has 0 atom stereocenters. The van der Waals surface area contributed by atoms with Crippen molar-refractivity contribution in [1.82, 2.24) is 14.4 Å². The smallest absolute Gasteiger partial charge is 0.187 e. The Hall–Kier alpha value is -2.18. The van der Waals surface area contributed by atoms with Crippen LogP contribution in [0.3, 0.4) is 0 Å². The van der Waals surface area contributed by atoms with Gasteiger partial charge in [0.2, 0.25) is 0 Å². The quantitative estimate of drug-likeness (QED) is 0.467. The molecule has 0 aliphatic rings. The summed E-state index contributed by atoms with van der Waals surface area (Å²) in [6, 6.07) is 12.4. The lowest BCUT2D eigenvalue weighted by molar-refractivity contribution is 1.17. The topological polar surface area (TPSA) is 42.2 Å². The van der Waals surface area contributed by atoms with E-state index in [0.717, 1.165) is 33.5 Å². The minimum atomic E-state index is 0. The molecule has 0 saturated carbocycles. The zero-order valence-corrected chi connectivity index (χ0v) is 16.8. The normalized spacial score (nSPS) is 10.7. The minimum absolute atomic E-state index is 0. The fourth-order valence-electron chi connectivity index (χ4n) is 2.93. The van der Waals surface area contributed by atoms with Crippen LogP contribution in [0.5, 0.6) is 0 Å². The molecule has 1 aromatic carbocycles. The van der Waals surface area contributed by atoms with Crippen LogP contribution < -0.4 is 5.32 Å². The maximum Gasteiger partial charge on any atom is 0.187 e. The first-order valence-corrected chi connectivity index (χ1v) is 8.73. The van der Waals surface area contributed by atoms with Crippen LogP contribution in [0, 0.1) is 20.8 Å². The van der Waals surface area contributed by atoms with Gasteiger partial charge in [0.25, 0.3) is 0 Å². The molecule has 0 spiro atoms. The molecular formula is C19H19BrN4S. The molecule has 1 N–H and O–H groups in total. The molecular weight excluding hydrogens is 396 g/mol. The van der Waals surface area contributed by atoms with Crippen LogP contribution in [0.1, 0.15) is 16.8 Å². The van der Waals surface area contributed by atoms with Crippen LogP contribution in [-0.2, 0) is 0 Å². The van der Waals surface area contributed by atoms with Crippen molar-refractivity contribution in [3.63, 3.8) is 0 Å². The summed E-state index contributed by atoms with van der Waals surface area (Å²) >= 11 is 1.61. The summed E-state index contributed by atoms with van der Waals surface area (Å²) in [5.41, 5.74) is 7.51. The molecule has 0 fully saturated rings. The van der Waals surface area contributed by atoms with Gasteiger partial charge in [-0.2, -0.15) is 0 Å². The van der Waals surface area contributed by atoms with E-state index < -0.39 is 0 Å². The lowest BCUT2D eigenvalue weighted by atomic mass is 10.1. The van der Waals surface area contributed by atoms with Crippen molar-refractivity contribution < 1.29 is 0 Å². The van der Waals surface area contributed by atoms with Gasteiger partial charge in [0.15, 0.2) is 5.13 Å². The zero-order valence-electron chi connectivity index (χ0n) is 14.3. The Morgan fingerprint density at radius 1 is 1.04 bits per heavy atom. The fourth-order valence-corrected chi connectivity index (χ4v) is 3.64. The monoisotopic (exact) mass is 414 g/mol. The van der Waals surface area contributed by atoms with E-state index in [4.69, 9.17) is 4.98 Å². The summed E-state index contributed by atoms with van der Waals surface area (Å²) in [5, 5.41) is 6.40. The fraction of sp³-hybridized carbons (Fsp3) is 0.158. The number of pyridine rings is 1. The number of nitrogens with one attached hydrogen (secondary N) is 1. The van der Waals surface area contributed by atoms with Crippen LogP contribution in [0.15, 0.2) is 48.0 Å².